The van der Waals surface area contributed by atoms with Crippen molar-refractivity contribution in [2.24, 2.45) is 0 Å². The molecule has 1 aliphatic heterocycles. The van der Waals surface area contributed by atoms with Gasteiger partial charge in [0.1, 0.15) is 11.9 Å². The van der Waals surface area contributed by atoms with Crippen LogP contribution in [0.5, 0.6) is 5.75 Å². The maximum absolute atomic E-state index is 6.58. The van der Waals surface area contributed by atoms with Gasteiger partial charge in [-0.3, -0.25) is 0 Å². The zero-order valence-electron chi connectivity index (χ0n) is 31.0. The lowest BCUT2D eigenvalue weighted by Crippen LogP contribution is -2.42. The molecule has 54 heavy (non-hydrogen) atoms. The SMILES string of the molecule is CC1(C)c2cc(-c3ccccc3)ccc2-c2ccc(N(c3ccc(-c4ccccc4)cc3)C3(C)C=CC(C4=CC=CC5c6ccccc6OC45)=CC3)cc21. The Balaban J connectivity index is 1.02. The lowest BCUT2D eigenvalue weighted by Gasteiger charge is -2.43. The van der Waals surface area contributed by atoms with Gasteiger partial charge in [-0.1, -0.05) is 159 Å². The summed E-state index contributed by atoms with van der Waals surface area (Å²) in [6.07, 6.45) is 14.8. The van der Waals surface area contributed by atoms with Gasteiger partial charge in [-0.2, -0.15) is 0 Å². The van der Waals surface area contributed by atoms with Crippen molar-refractivity contribution in [1.29, 1.82) is 0 Å². The maximum Gasteiger partial charge on any atom is 0.135 e. The summed E-state index contributed by atoms with van der Waals surface area (Å²) in [7, 11) is 0. The molecule has 6 aromatic rings. The molecule has 0 N–H and O–H groups in total. The van der Waals surface area contributed by atoms with E-state index < -0.39 is 0 Å². The van der Waals surface area contributed by atoms with E-state index >= 15 is 0 Å². The fourth-order valence-electron chi connectivity index (χ4n) is 9.28. The average molecular weight is 698 g/mol. The number of hydrogen-bond acceptors (Lipinski definition) is 2. The number of anilines is 2. The van der Waals surface area contributed by atoms with Crippen LogP contribution in [0.15, 0.2) is 193 Å². The monoisotopic (exact) mass is 697 g/mol. The number of rotatable bonds is 6. The van der Waals surface area contributed by atoms with Crippen LogP contribution in [0, 0.1) is 0 Å². The predicted molar refractivity (Wildman–Crippen MR) is 225 cm³/mol. The highest BCUT2D eigenvalue weighted by Crippen LogP contribution is 2.52. The highest BCUT2D eigenvalue weighted by molar-refractivity contribution is 5.86. The van der Waals surface area contributed by atoms with Crippen LogP contribution in [0.3, 0.4) is 0 Å². The molecule has 0 spiro atoms. The van der Waals surface area contributed by atoms with Gasteiger partial charge in [0.25, 0.3) is 0 Å². The summed E-state index contributed by atoms with van der Waals surface area (Å²) in [6, 6.07) is 53.2. The van der Waals surface area contributed by atoms with Gasteiger partial charge < -0.3 is 9.64 Å². The van der Waals surface area contributed by atoms with Crippen LogP contribution in [0.25, 0.3) is 33.4 Å². The highest BCUT2D eigenvalue weighted by Gasteiger charge is 2.40. The second-order valence-electron chi connectivity index (χ2n) is 15.9. The largest absolute Gasteiger partial charge is 0.484 e. The Bertz CT molecular complexity index is 2540. The normalized spacial score (nSPS) is 21.2. The van der Waals surface area contributed by atoms with Crippen molar-refractivity contribution in [1.82, 2.24) is 0 Å². The van der Waals surface area contributed by atoms with E-state index in [1.807, 2.05) is 0 Å². The lowest BCUT2D eigenvalue weighted by molar-refractivity contribution is 0.258. The molecule has 4 aliphatic rings. The van der Waals surface area contributed by atoms with Crippen molar-refractivity contribution in [2.45, 2.75) is 50.2 Å². The van der Waals surface area contributed by atoms with Gasteiger partial charge in [-0.25, -0.2) is 0 Å². The van der Waals surface area contributed by atoms with Crippen LogP contribution in [-0.2, 0) is 5.41 Å². The van der Waals surface area contributed by atoms with E-state index in [9.17, 15) is 0 Å². The molecule has 1 heterocycles. The van der Waals surface area contributed by atoms with Crippen molar-refractivity contribution < 1.29 is 4.74 Å². The molecule has 0 saturated heterocycles. The van der Waals surface area contributed by atoms with E-state index in [0.29, 0.717) is 0 Å². The number of fused-ring (bicyclic) bond motifs is 6. The Morgan fingerprint density at radius 2 is 1.22 bits per heavy atom. The molecule has 0 aromatic heterocycles. The third-order valence-electron chi connectivity index (χ3n) is 12.2. The first-order valence-electron chi connectivity index (χ1n) is 19.2. The van der Waals surface area contributed by atoms with Gasteiger partial charge in [0.2, 0.25) is 0 Å². The van der Waals surface area contributed by atoms with E-state index in [1.165, 1.54) is 72.6 Å². The summed E-state index contributed by atoms with van der Waals surface area (Å²) in [6.45, 7) is 7.14. The molecule has 2 heteroatoms. The summed E-state index contributed by atoms with van der Waals surface area (Å²) < 4.78 is 6.58. The number of ether oxygens (including phenoxy) is 1. The molecule has 0 amide bonds. The minimum Gasteiger partial charge on any atom is -0.484 e. The Hall–Kier alpha value is -6.12. The number of allylic oxidation sites excluding steroid dienone is 3. The van der Waals surface area contributed by atoms with Gasteiger partial charge in [-0.05, 0) is 99.8 Å². The third kappa shape index (κ3) is 5.23. The molecule has 0 fully saturated rings. The van der Waals surface area contributed by atoms with Crippen molar-refractivity contribution in [3.8, 4) is 39.1 Å². The van der Waals surface area contributed by atoms with E-state index in [4.69, 9.17) is 4.74 Å². The number of nitrogens with zero attached hydrogens (tertiary/aromatic N) is 1. The zero-order chi connectivity index (χ0) is 36.4. The first-order chi connectivity index (χ1) is 26.4. The molecule has 0 saturated carbocycles. The number of para-hydroxylation sites is 1. The fraction of sp³-hybridized carbons (Fsp3) is 0.154. The second-order valence-corrected chi connectivity index (χ2v) is 15.9. The third-order valence-corrected chi connectivity index (χ3v) is 12.2. The minimum atomic E-state index is -0.313. The summed E-state index contributed by atoms with van der Waals surface area (Å²) in [5.41, 5.74) is 16.1. The van der Waals surface area contributed by atoms with Crippen LogP contribution < -0.4 is 9.64 Å². The van der Waals surface area contributed by atoms with Crippen LogP contribution in [0.1, 0.15) is 49.8 Å². The molecule has 2 nitrogen and oxygen atoms in total. The van der Waals surface area contributed by atoms with Gasteiger partial charge in [-0.15, -0.1) is 0 Å². The van der Waals surface area contributed by atoms with Gasteiger partial charge in [0.05, 0.1) is 5.54 Å². The Labute approximate surface area is 319 Å². The Morgan fingerprint density at radius 1 is 0.611 bits per heavy atom. The maximum atomic E-state index is 6.58. The molecule has 262 valence electrons. The van der Waals surface area contributed by atoms with Gasteiger partial charge in [0.15, 0.2) is 0 Å². The van der Waals surface area contributed by atoms with E-state index in [0.717, 1.165) is 12.2 Å². The molecule has 3 atom stereocenters. The number of benzene rings is 6. The van der Waals surface area contributed by atoms with Crippen molar-refractivity contribution in [3.63, 3.8) is 0 Å². The van der Waals surface area contributed by atoms with Gasteiger partial charge in [0, 0.05) is 33.8 Å². The molecule has 6 aromatic carbocycles. The molecular weight excluding hydrogens is 655 g/mol. The number of hydrogen-bond donors (Lipinski definition) is 0. The summed E-state index contributed by atoms with van der Waals surface area (Å²) >= 11 is 0. The predicted octanol–water partition coefficient (Wildman–Crippen LogP) is 13.2. The topological polar surface area (TPSA) is 12.5 Å². The first kappa shape index (κ1) is 32.5. The second kappa shape index (κ2) is 12.5. The standard InChI is InChI=1S/C52H43NO/c1-51(2)47-33-39(36-15-8-5-9-16-36)23-27-43(47)44-28-26-41(34-48(44)51)53(40-24-21-37(22-25-40)35-13-6-4-7-14-35)52(3)31-29-38(30-32-52)42-18-12-19-46-45-17-10-11-20-49(45)54-50(42)46/h4-31,33-34,46,50H,32H2,1-3H3. The smallest absolute Gasteiger partial charge is 0.135 e. The quantitative estimate of drug-likeness (QED) is 0.172. The fourth-order valence-corrected chi connectivity index (χ4v) is 9.28. The van der Waals surface area contributed by atoms with Crippen molar-refractivity contribution in [3.05, 3.63) is 210 Å². The van der Waals surface area contributed by atoms with E-state index in [1.54, 1.807) is 0 Å². The van der Waals surface area contributed by atoms with Crippen LogP contribution >= 0.6 is 0 Å². The lowest BCUT2D eigenvalue weighted by atomic mass is 9.79. The first-order valence-corrected chi connectivity index (χ1v) is 19.2. The molecule has 3 unspecified atom stereocenters. The van der Waals surface area contributed by atoms with Gasteiger partial charge >= 0.3 is 0 Å². The summed E-state index contributed by atoms with van der Waals surface area (Å²) in [5, 5.41) is 0. The van der Waals surface area contributed by atoms with Crippen molar-refractivity contribution >= 4 is 11.4 Å². The molecule has 0 radical (unpaired) electrons. The van der Waals surface area contributed by atoms with Crippen LogP contribution in [0.2, 0.25) is 0 Å². The van der Waals surface area contributed by atoms with E-state index in [-0.39, 0.29) is 23.0 Å². The van der Waals surface area contributed by atoms with Crippen LogP contribution in [0.4, 0.5) is 11.4 Å². The molecule has 10 rings (SSSR count). The highest BCUT2D eigenvalue weighted by atomic mass is 16.5. The van der Waals surface area contributed by atoms with Crippen LogP contribution in [-0.4, -0.2) is 11.6 Å². The summed E-state index contributed by atoms with van der Waals surface area (Å²) in [5.74, 6) is 1.24. The average Bonchev–Trinajstić information content (AvgIpc) is 3.71. The minimum absolute atomic E-state index is 0.00253. The summed E-state index contributed by atoms with van der Waals surface area (Å²) in [4.78, 5) is 2.56. The Morgan fingerprint density at radius 3 is 1.94 bits per heavy atom. The van der Waals surface area contributed by atoms with E-state index in [2.05, 4.69) is 208 Å². The Kier molecular flexibility index (Phi) is 7.52. The molecule has 3 aliphatic carbocycles. The zero-order valence-corrected chi connectivity index (χ0v) is 31.0. The molecular formula is C52H43NO. The van der Waals surface area contributed by atoms with Crippen molar-refractivity contribution in [2.75, 3.05) is 4.90 Å². The molecule has 0 bridgehead atoms.